The summed E-state index contributed by atoms with van der Waals surface area (Å²) in [6.45, 7) is 0.468. The van der Waals surface area contributed by atoms with Crippen molar-refractivity contribution in [3.8, 4) is 0 Å². The van der Waals surface area contributed by atoms with E-state index in [9.17, 15) is 4.79 Å². The van der Waals surface area contributed by atoms with Gasteiger partial charge in [0.1, 0.15) is 0 Å². The summed E-state index contributed by atoms with van der Waals surface area (Å²) in [6, 6.07) is 0.462. The lowest BCUT2D eigenvalue weighted by molar-refractivity contribution is -0.132. The van der Waals surface area contributed by atoms with Gasteiger partial charge in [0, 0.05) is 26.1 Å². The molecule has 1 rings (SSSR count). The van der Waals surface area contributed by atoms with Crippen LogP contribution in [0, 0.1) is 0 Å². The molecule has 96 valence electrons. The average molecular weight is 249 g/mol. The second kappa shape index (κ2) is 8.82. The fourth-order valence-electron chi connectivity index (χ4n) is 2.33. The molecular formula is C12H25ClN2O. The number of hydrogen-bond acceptors (Lipinski definition) is 2. The molecule has 0 aromatic rings. The molecule has 1 saturated carbocycles. The van der Waals surface area contributed by atoms with Crippen molar-refractivity contribution in [3.63, 3.8) is 0 Å². The summed E-state index contributed by atoms with van der Waals surface area (Å²) in [5.74, 6) is 0.211. The summed E-state index contributed by atoms with van der Waals surface area (Å²) < 4.78 is 0. The van der Waals surface area contributed by atoms with E-state index in [1.807, 2.05) is 11.9 Å². The van der Waals surface area contributed by atoms with Gasteiger partial charge in [-0.2, -0.15) is 0 Å². The minimum atomic E-state index is 0. The summed E-state index contributed by atoms with van der Waals surface area (Å²) in [5, 5.41) is 0. The Hall–Kier alpha value is -0.280. The molecule has 4 heteroatoms. The number of hydrogen-bond donors (Lipinski definition) is 1. The van der Waals surface area contributed by atoms with E-state index < -0.39 is 0 Å². The van der Waals surface area contributed by atoms with E-state index in [2.05, 4.69) is 0 Å². The van der Waals surface area contributed by atoms with Crippen molar-refractivity contribution >= 4 is 18.3 Å². The molecule has 0 spiro atoms. The first kappa shape index (κ1) is 15.7. The van der Waals surface area contributed by atoms with Gasteiger partial charge in [0.25, 0.3) is 0 Å². The number of nitrogens with two attached hydrogens (primary N) is 1. The Balaban J connectivity index is 0.00000225. The van der Waals surface area contributed by atoms with Crippen LogP contribution in [-0.4, -0.2) is 30.4 Å². The Morgan fingerprint density at radius 1 is 1.19 bits per heavy atom. The Bertz CT molecular complexity index is 191. The number of nitrogens with zero attached hydrogens (tertiary/aromatic N) is 1. The van der Waals surface area contributed by atoms with Crippen molar-refractivity contribution in [2.24, 2.45) is 5.73 Å². The summed E-state index contributed by atoms with van der Waals surface area (Å²) >= 11 is 0. The highest BCUT2D eigenvalue weighted by atomic mass is 35.5. The second-order valence-corrected chi connectivity index (χ2v) is 4.54. The Morgan fingerprint density at radius 3 is 2.19 bits per heavy atom. The van der Waals surface area contributed by atoms with Crippen molar-refractivity contribution in [2.75, 3.05) is 13.6 Å². The third-order valence-electron chi connectivity index (χ3n) is 3.37. The van der Waals surface area contributed by atoms with E-state index in [4.69, 9.17) is 5.73 Å². The van der Waals surface area contributed by atoms with Gasteiger partial charge in [0.15, 0.2) is 0 Å². The van der Waals surface area contributed by atoms with Crippen LogP contribution in [0.1, 0.15) is 51.4 Å². The molecule has 0 unspecified atom stereocenters. The summed E-state index contributed by atoms with van der Waals surface area (Å²) in [4.78, 5) is 13.6. The van der Waals surface area contributed by atoms with Gasteiger partial charge in [0.05, 0.1) is 0 Å². The molecule has 0 radical (unpaired) electrons. The fraction of sp³-hybridized carbons (Fsp3) is 0.917. The van der Waals surface area contributed by atoms with E-state index in [-0.39, 0.29) is 18.3 Å². The molecule has 1 aliphatic rings. The minimum Gasteiger partial charge on any atom is -0.343 e. The quantitative estimate of drug-likeness (QED) is 0.833. The van der Waals surface area contributed by atoms with Crippen LogP contribution in [0.15, 0.2) is 0 Å². The van der Waals surface area contributed by atoms with Crippen LogP contribution in [-0.2, 0) is 4.79 Å². The Labute approximate surface area is 105 Å². The molecule has 0 aromatic heterocycles. The lowest BCUT2D eigenvalue weighted by atomic mass is 9.96. The predicted molar refractivity (Wildman–Crippen MR) is 69.8 cm³/mol. The standard InChI is InChI=1S/C12H24N2O.ClH/c1-14(12(15)9-10-13)11-7-5-3-2-4-6-8-11;/h11H,2-10,13H2,1H3;1H. The fourth-order valence-corrected chi connectivity index (χ4v) is 2.33. The summed E-state index contributed by atoms with van der Waals surface area (Å²) in [6.07, 6.45) is 9.40. The maximum atomic E-state index is 11.7. The smallest absolute Gasteiger partial charge is 0.223 e. The number of halogens is 1. The minimum absolute atomic E-state index is 0. The molecule has 1 fully saturated rings. The van der Waals surface area contributed by atoms with Gasteiger partial charge in [-0.15, -0.1) is 12.4 Å². The summed E-state index contributed by atoms with van der Waals surface area (Å²) in [5.41, 5.74) is 5.41. The molecule has 1 amide bonds. The third-order valence-corrected chi connectivity index (χ3v) is 3.37. The van der Waals surface area contributed by atoms with Crippen molar-refractivity contribution in [1.29, 1.82) is 0 Å². The highest BCUT2D eigenvalue weighted by molar-refractivity contribution is 5.85. The van der Waals surface area contributed by atoms with Crippen LogP contribution in [0.4, 0.5) is 0 Å². The van der Waals surface area contributed by atoms with E-state index >= 15 is 0 Å². The molecule has 2 N–H and O–H groups in total. The van der Waals surface area contributed by atoms with Crippen LogP contribution in [0.25, 0.3) is 0 Å². The molecule has 16 heavy (non-hydrogen) atoms. The number of amides is 1. The molecular weight excluding hydrogens is 224 g/mol. The maximum absolute atomic E-state index is 11.7. The van der Waals surface area contributed by atoms with Gasteiger partial charge in [0.2, 0.25) is 5.91 Å². The van der Waals surface area contributed by atoms with E-state index in [0.29, 0.717) is 19.0 Å². The van der Waals surface area contributed by atoms with Crippen LogP contribution >= 0.6 is 12.4 Å². The monoisotopic (exact) mass is 248 g/mol. The SMILES string of the molecule is CN(C(=O)CCN)C1CCCCCCC1.Cl. The zero-order chi connectivity index (χ0) is 11.1. The van der Waals surface area contributed by atoms with E-state index in [1.54, 1.807) is 0 Å². The number of carbonyl (C=O) groups excluding carboxylic acids is 1. The maximum Gasteiger partial charge on any atom is 0.223 e. The van der Waals surface area contributed by atoms with Crippen molar-refractivity contribution in [2.45, 2.75) is 57.4 Å². The van der Waals surface area contributed by atoms with Gasteiger partial charge >= 0.3 is 0 Å². The Morgan fingerprint density at radius 2 is 1.69 bits per heavy atom. The second-order valence-electron chi connectivity index (χ2n) is 4.54. The largest absolute Gasteiger partial charge is 0.343 e. The first-order valence-electron chi connectivity index (χ1n) is 6.21. The van der Waals surface area contributed by atoms with Gasteiger partial charge < -0.3 is 10.6 Å². The van der Waals surface area contributed by atoms with Gasteiger partial charge in [-0.05, 0) is 12.8 Å². The zero-order valence-electron chi connectivity index (χ0n) is 10.3. The molecule has 3 nitrogen and oxygen atoms in total. The number of rotatable bonds is 3. The lowest BCUT2D eigenvalue weighted by Gasteiger charge is -2.29. The van der Waals surface area contributed by atoms with Crippen molar-refractivity contribution in [1.82, 2.24) is 4.90 Å². The molecule has 0 aromatic carbocycles. The highest BCUT2D eigenvalue weighted by Crippen LogP contribution is 2.20. The van der Waals surface area contributed by atoms with Gasteiger partial charge in [-0.3, -0.25) is 4.79 Å². The third kappa shape index (κ3) is 5.17. The van der Waals surface area contributed by atoms with Crippen LogP contribution in [0.5, 0.6) is 0 Å². The Kier molecular flexibility index (Phi) is 8.67. The first-order valence-corrected chi connectivity index (χ1v) is 6.21. The topological polar surface area (TPSA) is 46.3 Å². The number of carbonyl (C=O) groups is 1. The van der Waals surface area contributed by atoms with Crippen molar-refractivity contribution in [3.05, 3.63) is 0 Å². The van der Waals surface area contributed by atoms with E-state index in [0.717, 1.165) is 0 Å². The molecule has 0 bridgehead atoms. The summed E-state index contributed by atoms with van der Waals surface area (Å²) in [7, 11) is 1.93. The normalized spacial score (nSPS) is 18.1. The molecule has 0 heterocycles. The average Bonchev–Trinajstić information content (AvgIpc) is 2.16. The van der Waals surface area contributed by atoms with E-state index in [1.165, 1.54) is 44.9 Å². The zero-order valence-corrected chi connectivity index (χ0v) is 11.1. The van der Waals surface area contributed by atoms with Crippen LogP contribution in [0.3, 0.4) is 0 Å². The molecule has 0 atom stereocenters. The van der Waals surface area contributed by atoms with Crippen molar-refractivity contribution < 1.29 is 4.79 Å². The predicted octanol–water partition coefficient (Wildman–Crippen LogP) is 2.33. The first-order chi connectivity index (χ1) is 7.25. The van der Waals surface area contributed by atoms with Gasteiger partial charge in [-0.1, -0.05) is 32.1 Å². The molecule has 0 aliphatic heterocycles. The van der Waals surface area contributed by atoms with Crippen LogP contribution in [0.2, 0.25) is 0 Å². The van der Waals surface area contributed by atoms with Gasteiger partial charge in [-0.25, -0.2) is 0 Å². The highest BCUT2D eigenvalue weighted by Gasteiger charge is 2.19. The molecule has 1 aliphatic carbocycles. The molecule has 0 saturated heterocycles. The lowest BCUT2D eigenvalue weighted by Crippen LogP contribution is -2.38. The van der Waals surface area contributed by atoms with Crippen LogP contribution < -0.4 is 5.73 Å².